The number of nitrogens with one attached hydrogen (secondary N) is 1. The molecule has 2 heterocycles. The van der Waals surface area contributed by atoms with Gasteiger partial charge in [0.2, 0.25) is 5.91 Å². The van der Waals surface area contributed by atoms with Crippen LogP contribution >= 0.6 is 23.4 Å². The van der Waals surface area contributed by atoms with E-state index < -0.39 is 28.5 Å². The van der Waals surface area contributed by atoms with Crippen LogP contribution in [-0.4, -0.2) is 33.4 Å². The van der Waals surface area contributed by atoms with Crippen molar-refractivity contribution >= 4 is 57.9 Å². The van der Waals surface area contributed by atoms with Crippen LogP contribution in [0.3, 0.4) is 0 Å². The molecule has 1 N–H and O–H groups in total. The second kappa shape index (κ2) is 9.31. The minimum absolute atomic E-state index is 0.0685. The minimum Gasteiger partial charge on any atom is -0.456 e. The third-order valence-electron chi connectivity index (χ3n) is 4.55. The Morgan fingerprint density at radius 2 is 1.94 bits per heavy atom. The van der Waals surface area contributed by atoms with E-state index in [1.165, 1.54) is 24.3 Å². The SMILES string of the molecule is O=C(CN1C(=O)S/C(=C/c2ccc(-c3ccccc3[N+](=O)[O-])o2)C1=O)Nc1cccc(Cl)c1. The van der Waals surface area contributed by atoms with E-state index in [0.29, 0.717) is 22.5 Å². The van der Waals surface area contributed by atoms with Gasteiger partial charge in [-0.3, -0.25) is 29.4 Å². The Labute approximate surface area is 196 Å². The minimum atomic E-state index is -0.644. The second-order valence-corrected chi connectivity index (χ2v) is 8.23. The number of furan rings is 1. The Balaban J connectivity index is 1.48. The largest absolute Gasteiger partial charge is 0.456 e. The van der Waals surface area contributed by atoms with Gasteiger partial charge in [-0.2, -0.15) is 0 Å². The average molecular weight is 484 g/mol. The summed E-state index contributed by atoms with van der Waals surface area (Å²) in [6.07, 6.45) is 1.36. The number of nitro groups is 1. The number of para-hydroxylation sites is 1. The molecule has 166 valence electrons. The Morgan fingerprint density at radius 1 is 1.15 bits per heavy atom. The number of imide groups is 1. The summed E-state index contributed by atoms with van der Waals surface area (Å²) in [4.78, 5) is 48.9. The molecule has 2 aromatic carbocycles. The molecule has 1 aliphatic heterocycles. The molecule has 0 atom stereocenters. The lowest BCUT2D eigenvalue weighted by Gasteiger charge is -2.12. The molecule has 0 spiro atoms. The topological polar surface area (TPSA) is 123 Å². The first kappa shape index (κ1) is 22.3. The number of hydrogen-bond acceptors (Lipinski definition) is 7. The van der Waals surface area contributed by atoms with E-state index in [1.54, 1.807) is 42.5 Å². The van der Waals surface area contributed by atoms with Crippen molar-refractivity contribution in [1.82, 2.24) is 4.90 Å². The molecule has 0 radical (unpaired) electrons. The molecule has 1 aliphatic rings. The van der Waals surface area contributed by atoms with Gasteiger partial charge in [0.05, 0.1) is 15.4 Å². The van der Waals surface area contributed by atoms with E-state index in [4.69, 9.17) is 16.0 Å². The van der Waals surface area contributed by atoms with Gasteiger partial charge in [0.25, 0.3) is 16.8 Å². The van der Waals surface area contributed by atoms with E-state index in [0.717, 1.165) is 4.90 Å². The van der Waals surface area contributed by atoms with Gasteiger partial charge in [0.1, 0.15) is 18.1 Å². The maximum absolute atomic E-state index is 12.7. The molecule has 9 nitrogen and oxygen atoms in total. The van der Waals surface area contributed by atoms with Gasteiger partial charge >= 0.3 is 0 Å². The molecular formula is C22H14ClN3O6S. The van der Waals surface area contributed by atoms with Crippen molar-refractivity contribution in [3.05, 3.63) is 86.5 Å². The number of benzene rings is 2. The number of carbonyl (C=O) groups excluding carboxylic acids is 3. The molecule has 3 amide bonds. The fourth-order valence-electron chi connectivity index (χ4n) is 3.09. The maximum Gasteiger partial charge on any atom is 0.294 e. The fourth-order valence-corrected chi connectivity index (χ4v) is 4.10. The molecule has 11 heteroatoms. The van der Waals surface area contributed by atoms with Crippen molar-refractivity contribution in [1.29, 1.82) is 0 Å². The standard InChI is InChI=1S/C22H14ClN3O6S/c23-13-4-3-5-14(10-13)24-20(27)12-25-21(28)19(33-22(25)29)11-15-8-9-18(32-15)16-6-1-2-7-17(16)26(30)31/h1-11H,12H2,(H,24,27)/b19-11+. The number of rotatable bonds is 6. The molecule has 3 aromatic rings. The number of nitro benzene ring substituents is 1. The van der Waals surface area contributed by atoms with Crippen LogP contribution in [0.2, 0.25) is 5.02 Å². The van der Waals surface area contributed by atoms with Crippen molar-refractivity contribution in [2.24, 2.45) is 0 Å². The quantitative estimate of drug-likeness (QED) is 0.291. The molecular weight excluding hydrogens is 470 g/mol. The predicted octanol–water partition coefficient (Wildman–Crippen LogP) is 5.18. The highest BCUT2D eigenvalue weighted by molar-refractivity contribution is 8.18. The van der Waals surface area contributed by atoms with Crippen molar-refractivity contribution in [3.63, 3.8) is 0 Å². The molecule has 0 aliphatic carbocycles. The number of amides is 3. The summed E-state index contributed by atoms with van der Waals surface area (Å²) in [7, 11) is 0. The summed E-state index contributed by atoms with van der Waals surface area (Å²) in [5.41, 5.74) is 0.602. The van der Waals surface area contributed by atoms with Gasteiger partial charge < -0.3 is 9.73 Å². The predicted molar refractivity (Wildman–Crippen MR) is 124 cm³/mol. The third-order valence-corrected chi connectivity index (χ3v) is 5.69. The van der Waals surface area contributed by atoms with E-state index in [9.17, 15) is 24.5 Å². The highest BCUT2D eigenvalue weighted by Gasteiger charge is 2.36. The van der Waals surface area contributed by atoms with Crippen LogP contribution in [0, 0.1) is 10.1 Å². The van der Waals surface area contributed by atoms with Crippen LogP contribution in [0.4, 0.5) is 16.2 Å². The Bertz CT molecular complexity index is 1320. The summed E-state index contributed by atoms with van der Waals surface area (Å²) in [5.74, 6) is -0.724. The average Bonchev–Trinajstić information content (AvgIpc) is 3.34. The van der Waals surface area contributed by atoms with Crippen LogP contribution in [0.1, 0.15) is 5.76 Å². The molecule has 1 aromatic heterocycles. The monoisotopic (exact) mass is 483 g/mol. The fraction of sp³-hybridized carbons (Fsp3) is 0.0455. The number of carbonyl (C=O) groups is 3. The van der Waals surface area contributed by atoms with Gasteiger partial charge in [-0.1, -0.05) is 29.8 Å². The van der Waals surface area contributed by atoms with Gasteiger partial charge in [0, 0.05) is 22.9 Å². The maximum atomic E-state index is 12.7. The van der Waals surface area contributed by atoms with Crippen molar-refractivity contribution < 1.29 is 23.7 Å². The zero-order valence-corrected chi connectivity index (χ0v) is 18.3. The zero-order chi connectivity index (χ0) is 23.5. The first-order chi connectivity index (χ1) is 15.8. The number of hydrogen-bond donors (Lipinski definition) is 1. The lowest BCUT2D eigenvalue weighted by Crippen LogP contribution is -2.36. The summed E-state index contributed by atoms with van der Waals surface area (Å²) in [6.45, 7) is -0.464. The molecule has 1 saturated heterocycles. The van der Waals surface area contributed by atoms with Crippen LogP contribution < -0.4 is 5.32 Å². The first-order valence-electron chi connectivity index (χ1n) is 9.46. The second-order valence-electron chi connectivity index (χ2n) is 6.80. The highest BCUT2D eigenvalue weighted by Crippen LogP contribution is 2.35. The molecule has 4 rings (SSSR count). The normalized spacial score (nSPS) is 14.7. The van der Waals surface area contributed by atoms with E-state index in [-0.39, 0.29) is 27.7 Å². The number of nitrogens with zero attached hydrogens (tertiary/aromatic N) is 2. The van der Waals surface area contributed by atoms with Crippen molar-refractivity contribution in [3.8, 4) is 11.3 Å². The van der Waals surface area contributed by atoms with E-state index in [1.807, 2.05) is 0 Å². The smallest absolute Gasteiger partial charge is 0.294 e. The van der Waals surface area contributed by atoms with Crippen LogP contribution in [-0.2, 0) is 9.59 Å². The Kier molecular flexibility index (Phi) is 6.29. The molecule has 0 unspecified atom stereocenters. The first-order valence-corrected chi connectivity index (χ1v) is 10.7. The van der Waals surface area contributed by atoms with Gasteiger partial charge in [0.15, 0.2) is 0 Å². The van der Waals surface area contributed by atoms with Gasteiger partial charge in [-0.15, -0.1) is 0 Å². The van der Waals surface area contributed by atoms with Crippen molar-refractivity contribution in [2.75, 3.05) is 11.9 Å². The van der Waals surface area contributed by atoms with Gasteiger partial charge in [-0.05, 0) is 48.2 Å². The molecule has 1 fully saturated rings. The highest BCUT2D eigenvalue weighted by atomic mass is 35.5. The Morgan fingerprint density at radius 3 is 2.70 bits per heavy atom. The lowest BCUT2D eigenvalue weighted by molar-refractivity contribution is -0.384. The van der Waals surface area contributed by atoms with Crippen LogP contribution in [0.15, 0.2) is 70.0 Å². The van der Waals surface area contributed by atoms with Crippen molar-refractivity contribution in [2.45, 2.75) is 0 Å². The summed E-state index contributed by atoms with van der Waals surface area (Å²) in [6, 6.07) is 15.6. The van der Waals surface area contributed by atoms with Crippen LogP contribution in [0.5, 0.6) is 0 Å². The van der Waals surface area contributed by atoms with E-state index >= 15 is 0 Å². The zero-order valence-electron chi connectivity index (χ0n) is 16.7. The summed E-state index contributed by atoms with van der Waals surface area (Å²) < 4.78 is 5.64. The third kappa shape index (κ3) is 4.97. The van der Waals surface area contributed by atoms with Gasteiger partial charge in [-0.25, -0.2) is 0 Å². The molecule has 0 bridgehead atoms. The van der Waals surface area contributed by atoms with Crippen LogP contribution in [0.25, 0.3) is 17.4 Å². The Hall–Kier alpha value is -3.89. The van der Waals surface area contributed by atoms with E-state index in [2.05, 4.69) is 5.32 Å². The summed E-state index contributed by atoms with van der Waals surface area (Å²) >= 11 is 6.55. The number of halogens is 1. The lowest BCUT2D eigenvalue weighted by atomic mass is 10.1. The number of anilines is 1. The number of thioether (sulfide) groups is 1. The molecule has 33 heavy (non-hydrogen) atoms. The summed E-state index contributed by atoms with van der Waals surface area (Å²) in [5, 5.41) is 13.6. The molecule has 0 saturated carbocycles.